The fourth-order valence-corrected chi connectivity index (χ4v) is 2.47. The van der Waals surface area contributed by atoms with Crippen LogP contribution in [0.5, 0.6) is 5.75 Å². The van der Waals surface area contributed by atoms with E-state index in [1.54, 1.807) is 0 Å². The zero-order chi connectivity index (χ0) is 11.8. The van der Waals surface area contributed by atoms with Gasteiger partial charge in [0, 0.05) is 6.26 Å². The minimum atomic E-state index is -3.70. The quantitative estimate of drug-likeness (QED) is 0.658. The van der Waals surface area contributed by atoms with E-state index in [0.29, 0.717) is 0 Å². The van der Waals surface area contributed by atoms with Crippen LogP contribution < -0.4 is 0 Å². The van der Waals surface area contributed by atoms with E-state index in [2.05, 4.69) is 15.9 Å². The molecule has 1 aromatic rings. The van der Waals surface area contributed by atoms with Crippen molar-refractivity contribution in [3.05, 3.63) is 26.7 Å². The van der Waals surface area contributed by atoms with Crippen molar-refractivity contribution in [3.8, 4) is 5.75 Å². The van der Waals surface area contributed by atoms with Crippen LogP contribution in [0.4, 0.5) is 5.69 Å². The van der Waals surface area contributed by atoms with Gasteiger partial charge in [0.25, 0.3) is 0 Å². The first-order chi connectivity index (χ1) is 6.75. The van der Waals surface area contributed by atoms with E-state index in [1.807, 2.05) is 0 Å². The lowest BCUT2D eigenvalue weighted by atomic mass is 10.3. The van der Waals surface area contributed by atoms with Gasteiger partial charge in [-0.15, -0.1) is 0 Å². The van der Waals surface area contributed by atoms with Crippen LogP contribution in [0.1, 0.15) is 0 Å². The highest BCUT2D eigenvalue weighted by Crippen LogP contribution is 2.38. The lowest BCUT2D eigenvalue weighted by molar-refractivity contribution is -0.388. The predicted octanol–water partition coefficient (Wildman–Crippen LogP) is 1.47. The molecule has 1 N–H and O–H groups in total. The number of phenolic OH excluding ortho intramolecular Hbond substituents is 1. The summed E-state index contributed by atoms with van der Waals surface area (Å²) < 4.78 is 22.2. The van der Waals surface area contributed by atoms with Crippen LogP contribution in [0, 0.1) is 10.1 Å². The summed E-state index contributed by atoms with van der Waals surface area (Å²) in [6, 6.07) is 2.07. The van der Waals surface area contributed by atoms with Crippen molar-refractivity contribution in [2.45, 2.75) is 4.90 Å². The Morgan fingerprint density at radius 3 is 2.40 bits per heavy atom. The normalized spacial score (nSPS) is 11.3. The third-order valence-corrected chi connectivity index (χ3v) is 3.55. The van der Waals surface area contributed by atoms with Gasteiger partial charge < -0.3 is 5.11 Å². The molecule has 8 heteroatoms. The molecule has 6 nitrogen and oxygen atoms in total. The summed E-state index contributed by atoms with van der Waals surface area (Å²) >= 11 is 2.77. The molecule has 0 spiro atoms. The van der Waals surface area contributed by atoms with E-state index < -0.39 is 25.3 Å². The first-order valence-corrected chi connectivity index (χ1v) is 6.29. The fraction of sp³-hybridized carbons (Fsp3) is 0.143. The number of sulfone groups is 1. The van der Waals surface area contributed by atoms with E-state index in [4.69, 9.17) is 0 Å². The molecule has 82 valence electrons. The third-order valence-electron chi connectivity index (χ3n) is 1.64. The Balaban J connectivity index is 3.70. The van der Waals surface area contributed by atoms with Gasteiger partial charge in [0.05, 0.1) is 4.92 Å². The van der Waals surface area contributed by atoms with Crippen molar-refractivity contribution >= 4 is 31.5 Å². The number of rotatable bonds is 2. The number of nitro groups is 1. The summed E-state index contributed by atoms with van der Waals surface area (Å²) in [5, 5.41) is 19.8. The van der Waals surface area contributed by atoms with Crippen molar-refractivity contribution < 1.29 is 18.4 Å². The molecule has 1 aromatic carbocycles. The molecule has 0 saturated carbocycles. The summed E-state index contributed by atoms with van der Waals surface area (Å²) in [5.41, 5.74) is -0.655. The van der Waals surface area contributed by atoms with Gasteiger partial charge >= 0.3 is 5.69 Å². The molecule has 0 radical (unpaired) electrons. The van der Waals surface area contributed by atoms with Gasteiger partial charge in [0.2, 0.25) is 0 Å². The van der Waals surface area contributed by atoms with Gasteiger partial charge in [-0.2, -0.15) is 0 Å². The third kappa shape index (κ3) is 2.26. The maximum atomic E-state index is 11.2. The Bertz CT molecular complexity index is 524. The molecule has 0 unspecified atom stereocenters. The van der Waals surface area contributed by atoms with Gasteiger partial charge in [-0.25, -0.2) is 8.42 Å². The number of benzene rings is 1. The average molecular weight is 296 g/mol. The van der Waals surface area contributed by atoms with Crippen molar-refractivity contribution in [1.29, 1.82) is 0 Å². The number of nitrogens with zero attached hydrogens (tertiary/aromatic N) is 1. The number of nitro benzene ring substituents is 1. The Hall–Kier alpha value is -1.15. The Morgan fingerprint density at radius 1 is 1.47 bits per heavy atom. The largest absolute Gasteiger partial charge is 0.507 e. The molecule has 0 fully saturated rings. The van der Waals surface area contributed by atoms with Crippen LogP contribution in [0.15, 0.2) is 21.5 Å². The molecular formula is C7H6BrNO5S. The molecule has 0 aliphatic heterocycles. The van der Waals surface area contributed by atoms with Crippen LogP contribution in [0.25, 0.3) is 0 Å². The summed E-state index contributed by atoms with van der Waals surface area (Å²) in [5.74, 6) is -0.380. The predicted molar refractivity (Wildman–Crippen MR) is 55.6 cm³/mol. The van der Waals surface area contributed by atoms with Gasteiger partial charge in [-0.3, -0.25) is 10.1 Å². The summed E-state index contributed by atoms with van der Waals surface area (Å²) in [6.07, 6.45) is 0.860. The second-order valence-corrected chi connectivity index (χ2v) is 5.55. The van der Waals surface area contributed by atoms with Gasteiger partial charge in [-0.1, -0.05) is 0 Å². The SMILES string of the molecule is CS(=O)(=O)c1ccc(O)c(Br)c1[N+](=O)[O-]. The molecule has 1 rings (SSSR count). The molecule has 0 bridgehead atoms. The zero-order valence-electron chi connectivity index (χ0n) is 7.47. The van der Waals surface area contributed by atoms with Gasteiger partial charge in [-0.05, 0) is 28.1 Å². The van der Waals surface area contributed by atoms with E-state index >= 15 is 0 Å². The van der Waals surface area contributed by atoms with Crippen LogP contribution >= 0.6 is 15.9 Å². The standard InChI is InChI=1S/C7H6BrNO5S/c1-15(13,14)5-3-2-4(10)6(8)7(5)9(11)12/h2-3,10H,1H3. The van der Waals surface area contributed by atoms with E-state index in [0.717, 1.165) is 18.4 Å². The first kappa shape index (κ1) is 11.9. The van der Waals surface area contributed by atoms with E-state index in [9.17, 15) is 23.6 Å². The number of hydrogen-bond acceptors (Lipinski definition) is 5. The zero-order valence-corrected chi connectivity index (χ0v) is 9.87. The summed E-state index contributed by atoms with van der Waals surface area (Å²) in [6.45, 7) is 0. The maximum Gasteiger partial charge on any atom is 0.305 e. The molecule has 0 saturated heterocycles. The molecular weight excluding hydrogens is 290 g/mol. The topological polar surface area (TPSA) is 97.5 Å². The number of hydrogen-bond donors (Lipinski definition) is 1. The number of halogens is 1. The number of aromatic hydroxyl groups is 1. The number of phenols is 1. The molecule has 15 heavy (non-hydrogen) atoms. The Kier molecular flexibility index (Phi) is 3.00. The molecule has 0 amide bonds. The summed E-state index contributed by atoms with van der Waals surface area (Å²) in [4.78, 5) is 9.35. The average Bonchev–Trinajstić information content (AvgIpc) is 2.06. The van der Waals surface area contributed by atoms with Crippen LogP contribution in [0.2, 0.25) is 0 Å². The maximum absolute atomic E-state index is 11.2. The van der Waals surface area contributed by atoms with Gasteiger partial charge in [0.15, 0.2) is 9.84 Å². The highest BCUT2D eigenvalue weighted by atomic mass is 79.9. The lowest BCUT2D eigenvalue weighted by Crippen LogP contribution is -2.03. The molecule has 0 aliphatic rings. The molecule has 0 atom stereocenters. The smallest absolute Gasteiger partial charge is 0.305 e. The van der Waals surface area contributed by atoms with Crippen LogP contribution in [-0.2, 0) is 9.84 Å². The van der Waals surface area contributed by atoms with Crippen molar-refractivity contribution in [3.63, 3.8) is 0 Å². The second kappa shape index (κ2) is 3.78. The second-order valence-electron chi connectivity index (χ2n) is 2.77. The van der Waals surface area contributed by atoms with Crippen LogP contribution in [0.3, 0.4) is 0 Å². The molecule has 0 aliphatic carbocycles. The Labute approximate surface area is 93.7 Å². The highest BCUT2D eigenvalue weighted by Gasteiger charge is 2.27. The van der Waals surface area contributed by atoms with Crippen molar-refractivity contribution in [2.75, 3.05) is 6.26 Å². The molecule has 0 heterocycles. The first-order valence-electron chi connectivity index (χ1n) is 3.61. The lowest BCUT2D eigenvalue weighted by Gasteiger charge is -2.03. The van der Waals surface area contributed by atoms with E-state index in [-0.39, 0.29) is 10.2 Å². The minimum absolute atomic E-state index is 0.240. The van der Waals surface area contributed by atoms with Crippen molar-refractivity contribution in [2.24, 2.45) is 0 Å². The van der Waals surface area contributed by atoms with E-state index in [1.165, 1.54) is 0 Å². The van der Waals surface area contributed by atoms with Gasteiger partial charge in [0.1, 0.15) is 15.1 Å². The minimum Gasteiger partial charge on any atom is -0.507 e. The fourth-order valence-electron chi connectivity index (χ4n) is 1.01. The Morgan fingerprint density at radius 2 is 2.00 bits per heavy atom. The molecule has 0 aromatic heterocycles. The van der Waals surface area contributed by atoms with Crippen LogP contribution in [-0.4, -0.2) is 24.7 Å². The monoisotopic (exact) mass is 295 g/mol. The summed E-state index contributed by atoms with van der Waals surface area (Å²) in [7, 11) is -3.70. The van der Waals surface area contributed by atoms with Crippen molar-refractivity contribution in [1.82, 2.24) is 0 Å². The highest BCUT2D eigenvalue weighted by molar-refractivity contribution is 9.10.